The lowest BCUT2D eigenvalue weighted by Crippen LogP contribution is -2.53. The number of hydrogen-bond donors (Lipinski definition) is 0. The molecule has 0 aromatic carbocycles. The molecule has 3 rings (SSSR count). The van der Waals surface area contributed by atoms with E-state index >= 15 is 0 Å². The summed E-state index contributed by atoms with van der Waals surface area (Å²) in [4.78, 5) is 20.9. The monoisotopic (exact) mass is 440 g/mol. The van der Waals surface area contributed by atoms with Gasteiger partial charge in [-0.25, -0.2) is 8.42 Å². The number of sulfonamides is 1. The number of rotatable bonds is 7. The van der Waals surface area contributed by atoms with E-state index in [-0.39, 0.29) is 19.0 Å². The Kier molecular flexibility index (Phi) is 6.71. The molecule has 150 valence electrons. The van der Waals surface area contributed by atoms with Crippen LogP contribution in [-0.2, 0) is 14.8 Å². The van der Waals surface area contributed by atoms with Crippen LogP contribution in [0.2, 0.25) is 4.34 Å². The third-order valence-electron chi connectivity index (χ3n) is 4.45. The summed E-state index contributed by atoms with van der Waals surface area (Å²) in [5.41, 5.74) is 1.02. The van der Waals surface area contributed by atoms with Gasteiger partial charge in [-0.3, -0.25) is 9.78 Å². The maximum absolute atomic E-state index is 12.5. The normalized spacial score (nSPS) is 16.1. The Hall–Kier alpha value is -1.94. The van der Waals surface area contributed by atoms with Crippen LogP contribution >= 0.6 is 22.9 Å². The summed E-state index contributed by atoms with van der Waals surface area (Å²) >= 11 is 7.15. The fourth-order valence-corrected chi connectivity index (χ4v) is 4.96. The first-order chi connectivity index (χ1) is 13.3. The number of carbonyl (C=O) groups excluding carboxylic acids is 1. The number of likely N-dealkylation sites (N-methyl/N-ethyl adjacent to an activating group) is 1. The van der Waals surface area contributed by atoms with Crippen LogP contribution < -0.4 is 4.90 Å². The fourth-order valence-electron chi connectivity index (χ4n) is 2.80. The second-order valence-corrected chi connectivity index (χ2v) is 9.90. The zero-order valence-corrected chi connectivity index (χ0v) is 17.8. The largest absolute Gasteiger partial charge is 0.373 e. The van der Waals surface area contributed by atoms with E-state index in [2.05, 4.69) is 4.98 Å². The summed E-state index contributed by atoms with van der Waals surface area (Å²) in [5, 5.41) is 1.13. The van der Waals surface area contributed by atoms with Gasteiger partial charge >= 0.3 is 0 Å². The Balaban J connectivity index is 1.54. The van der Waals surface area contributed by atoms with Gasteiger partial charge in [-0.1, -0.05) is 11.6 Å². The fraction of sp³-hybridized carbons (Fsp3) is 0.333. The van der Waals surface area contributed by atoms with Crippen molar-refractivity contribution in [1.82, 2.24) is 14.2 Å². The molecular formula is C18H21ClN4O3S2. The zero-order valence-electron chi connectivity index (χ0n) is 15.4. The molecule has 0 unspecified atom stereocenters. The minimum Gasteiger partial charge on any atom is -0.373 e. The first-order valence-corrected chi connectivity index (χ1v) is 11.4. The predicted octanol–water partition coefficient (Wildman–Crippen LogP) is 2.38. The smallest absolute Gasteiger partial charge is 0.238 e. The van der Waals surface area contributed by atoms with E-state index < -0.39 is 10.0 Å². The van der Waals surface area contributed by atoms with Crippen LogP contribution in [0.25, 0.3) is 6.08 Å². The van der Waals surface area contributed by atoms with E-state index in [0.717, 1.165) is 16.0 Å². The maximum Gasteiger partial charge on any atom is 0.238 e. The molecule has 0 aliphatic carbocycles. The van der Waals surface area contributed by atoms with E-state index in [1.165, 1.54) is 21.7 Å². The average molecular weight is 441 g/mol. The molecule has 2 aromatic heterocycles. The molecule has 10 heteroatoms. The van der Waals surface area contributed by atoms with Crippen molar-refractivity contribution in [3.63, 3.8) is 0 Å². The summed E-state index contributed by atoms with van der Waals surface area (Å²) in [6, 6.07) is 7.27. The predicted molar refractivity (Wildman–Crippen MR) is 113 cm³/mol. The number of piperazine rings is 1. The number of amides is 1. The number of anilines is 1. The zero-order chi connectivity index (χ0) is 20.1. The van der Waals surface area contributed by atoms with Gasteiger partial charge in [-0.05, 0) is 30.3 Å². The van der Waals surface area contributed by atoms with Crippen molar-refractivity contribution < 1.29 is 13.2 Å². The van der Waals surface area contributed by atoms with Crippen molar-refractivity contribution in [1.29, 1.82) is 0 Å². The number of pyridine rings is 1. The second-order valence-electron chi connectivity index (χ2n) is 6.33. The number of nitrogens with zero attached hydrogens (tertiary/aromatic N) is 4. The summed E-state index contributed by atoms with van der Waals surface area (Å²) in [6.07, 6.45) is 4.95. The van der Waals surface area contributed by atoms with Crippen molar-refractivity contribution in [2.75, 3.05) is 44.7 Å². The lowest BCUT2D eigenvalue weighted by Gasteiger charge is -2.34. The van der Waals surface area contributed by atoms with Gasteiger partial charge in [0.25, 0.3) is 0 Å². The first-order valence-electron chi connectivity index (χ1n) is 8.68. The maximum atomic E-state index is 12.5. The number of aromatic nitrogens is 1. The van der Waals surface area contributed by atoms with E-state index in [0.29, 0.717) is 24.0 Å². The summed E-state index contributed by atoms with van der Waals surface area (Å²) in [6.45, 7) is 1.71. The third-order valence-corrected chi connectivity index (χ3v) is 7.16. The molecule has 2 aromatic rings. The highest BCUT2D eigenvalue weighted by Crippen LogP contribution is 2.23. The summed E-state index contributed by atoms with van der Waals surface area (Å²) < 4.78 is 26.8. The van der Waals surface area contributed by atoms with E-state index in [1.807, 2.05) is 24.1 Å². The van der Waals surface area contributed by atoms with E-state index in [4.69, 9.17) is 11.6 Å². The highest BCUT2D eigenvalue weighted by Gasteiger charge is 2.30. The van der Waals surface area contributed by atoms with Crippen LogP contribution in [0.4, 0.5) is 5.69 Å². The number of halogens is 1. The highest BCUT2D eigenvalue weighted by atomic mass is 35.5. The average Bonchev–Trinajstić information content (AvgIpc) is 3.11. The second kappa shape index (κ2) is 9.04. The van der Waals surface area contributed by atoms with Crippen LogP contribution in [0.3, 0.4) is 0 Å². The molecule has 0 spiro atoms. The van der Waals surface area contributed by atoms with Gasteiger partial charge in [-0.2, -0.15) is 4.31 Å². The first kappa shape index (κ1) is 20.8. The molecule has 0 radical (unpaired) electrons. The van der Waals surface area contributed by atoms with Gasteiger partial charge in [-0.15, -0.1) is 11.3 Å². The van der Waals surface area contributed by atoms with Gasteiger partial charge in [0, 0.05) is 61.6 Å². The summed E-state index contributed by atoms with van der Waals surface area (Å²) in [5.74, 6) is -0.189. The highest BCUT2D eigenvalue weighted by molar-refractivity contribution is 7.92. The van der Waals surface area contributed by atoms with Crippen molar-refractivity contribution in [2.45, 2.75) is 0 Å². The molecule has 1 fully saturated rings. The Morgan fingerprint density at radius 2 is 2.00 bits per heavy atom. The molecule has 0 bridgehead atoms. The van der Waals surface area contributed by atoms with Crippen LogP contribution in [0, 0.1) is 0 Å². The Bertz CT molecular complexity index is 947. The topological polar surface area (TPSA) is 73.8 Å². The lowest BCUT2D eigenvalue weighted by atomic mass is 10.3. The lowest BCUT2D eigenvalue weighted by molar-refractivity contribution is -0.133. The molecule has 1 aliphatic heterocycles. The van der Waals surface area contributed by atoms with Crippen LogP contribution in [-0.4, -0.2) is 68.3 Å². The van der Waals surface area contributed by atoms with E-state index in [1.54, 1.807) is 29.4 Å². The van der Waals surface area contributed by atoms with Gasteiger partial charge in [0.2, 0.25) is 15.9 Å². The van der Waals surface area contributed by atoms with Crippen molar-refractivity contribution in [2.24, 2.45) is 0 Å². The quantitative estimate of drug-likeness (QED) is 0.660. The standard InChI is InChI=1S/C18H21ClN4O3S2/c1-21(15-4-7-20-8-5-15)9-10-22-11-12-23(14-18(22)24)28(25,26)13-6-16-2-3-17(19)27-16/h2-8,13H,9-12,14H2,1H3. The molecule has 28 heavy (non-hydrogen) atoms. The van der Waals surface area contributed by atoms with Crippen molar-refractivity contribution in [3.8, 4) is 0 Å². The Labute approximate surface area is 173 Å². The molecule has 1 amide bonds. The molecule has 0 atom stereocenters. The molecule has 1 saturated heterocycles. The minimum atomic E-state index is -3.65. The third kappa shape index (κ3) is 5.32. The Morgan fingerprint density at radius 3 is 2.64 bits per heavy atom. The van der Waals surface area contributed by atoms with Crippen molar-refractivity contribution in [3.05, 3.63) is 51.3 Å². The molecular weight excluding hydrogens is 420 g/mol. The molecule has 7 nitrogen and oxygen atoms in total. The van der Waals surface area contributed by atoms with Gasteiger partial charge in [0.05, 0.1) is 10.9 Å². The van der Waals surface area contributed by atoms with Crippen molar-refractivity contribution >= 4 is 50.6 Å². The number of hydrogen-bond acceptors (Lipinski definition) is 6. The number of carbonyl (C=O) groups is 1. The SMILES string of the molecule is CN(CCN1CCN(S(=O)(=O)C=Cc2ccc(Cl)s2)CC1=O)c1ccncc1. The molecule has 3 heterocycles. The minimum absolute atomic E-state index is 0.142. The van der Waals surface area contributed by atoms with Crippen LogP contribution in [0.15, 0.2) is 42.1 Å². The number of thiophene rings is 1. The van der Waals surface area contributed by atoms with Gasteiger partial charge in [0.1, 0.15) is 0 Å². The molecule has 0 N–H and O–H groups in total. The van der Waals surface area contributed by atoms with Gasteiger partial charge < -0.3 is 9.80 Å². The van der Waals surface area contributed by atoms with Crippen LogP contribution in [0.1, 0.15) is 4.88 Å². The summed E-state index contributed by atoms with van der Waals surface area (Å²) in [7, 11) is -1.70. The molecule has 0 saturated carbocycles. The van der Waals surface area contributed by atoms with Crippen LogP contribution in [0.5, 0.6) is 0 Å². The van der Waals surface area contributed by atoms with E-state index in [9.17, 15) is 13.2 Å². The molecule has 1 aliphatic rings. The Morgan fingerprint density at radius 1 is 1.25 bits per heavy atom. The van der Waals surface area contributed by atoms with Gasteiger partial charge in [0.15, 0.2) is 0 Å².